The Hall–Kier alpha value is -1.11. The summed E-state index contributed by atoms with van der Waals surface area (Å²) in [5.74, 6) is -0.345. The molecule has 0 aliphatic carbocycles. The summed E-state index contributed by atoms with van der Waals surface area (Å²) in [5, 5.41) is 0. The van der Waals surface area contributed by atoms with E-state index in [1.807, 2.05) is 0 Å². The average molecular weight is 319 g/mol. The lowest BCUT2D eigenvalue weighted by Crippen LogP contribution is -2.14. The van der Waals surface area contributed by atoms with E-state index < -0.39 is 15.0 Å². The summed E-state index contributed by atoms with van der Waals surface area (Å²) in [4.78, 5) is 11.8. The number of carbonyl (C=O) groups excluding carboxylic acids is 1. The lowest BCUT2D eigenvalue weighted by Gasteiger charge is -2.10. The second-order valence-electron chi connectivity index (χ2n) is 4.80. The van der Waals surface area contributed by atoms with Crippen LogP contribution in [0.4, 0.5) is 0 Å². The number of esters is 1. The summed E-state index contributed by atoms with van der Waals surface area (Å²) in [6, 6.07) is 4.20. The van der Waals surface area contributed by atoms with Gasteiger partial charge in [-0.05, 0) is 37.1 Å². The van der Waals surface area contributed by atoms with Crippen molar-refractivity contribution in [3.05, 3.63) is 29.3 Å². The minimum absolute atomic E-state index is 0.102. The van der Waals surface area contributed by atoms with E-state index in [4.69, 9.17) is 20.2 Å². The molecule has 1 aliphatic heterocycles. The maximum absolute atomic E-state index is 11.9. The van der Waals surface area contributed by atoms with Gasteiger partial charge in [0.15, 0.2) is 0 Å². The number of hydrogen-bond acceptors (Lipinski definition) is 5. The third-order valence-electron chi connectivity index (χ3n) is 3.04. The molecule has 1 fully saturated rings. The zero-order chi connectivity index (χ0) is 14.8. The van der Waals surface area contributed by atoms with Gasteiger partial charge in [-0.25, -0.2) is 13.2 Å². The first-order valence-electron chi connectivity index (χ1n) is 6.17. The van der Waals surface area contributed by atoms with Crippen molar-refractivity contribution in [1.29, 1.82) is 0 Å². The lowest BCUT2D eigenvalue weighted by molar-refractivity contribution is 0.0428. The van der Waals surface area contributed by atoms with Crippen molar-refractivity contribution >= 4 is 25.7 Å². The van der Waals surface area contributed by atoms with Gasteiger partial charge in [-0.2, -0.15) is 0 Å². The van der Waals surface area contributed by atoms with Crippen molar-refractivity contribution in [3.63, 3.8) is 0 Å². The van der Waals surface area contributed by atoms with E-state index in [9.17, 15) is 13.2 Å². The Morgan fingerprint density at radius 1 is 1.45 bits per heavy atom. The molecule has 5 nitrogen and oxygen atoms in total. The first-order chi connectivity index (χ1) is 9.36. The first-order valence-corrected chi connectivity index (χ1v) is 8.48. The van der Waals surface area contributed by atoms with Crippen LogP contribution in [0.2, 0.25) is 0 Å². The summed E-state index contributed by atoms with van der Waals surface area (Å²) >= 11 is 0. The molecule has 0 bridgehead atoms. The van der Waals surface area contributed by atoms with Gasteiger partial charge in [-0.15, -0.1) is 0 Å². The van der Waals surface area contributed by atoms with E-state index in [2.05, 4.69) is 0 Å². The predicted octanol–water partition coefficient (Wildman–Crippen LogP) is 2.12. The molecule has 0 saturated carbocycles. The van der Waals surface area contributed by atoms with Crippen LogP contribution >= 0.6 is 10.7 Å². The molecule has 1 unspecified atom stereocenters. The summed E-state index contributed by atoms with van der Waals surface area (Å²) in [7, 11) is 1.42. The summed E-state index contributed by atoms with van der Waals surface area (Å²) < 4.78 is 33.0. The van der Waals surface area contributed by atoms with Crippen LogP contribution in [0.15, 0.2) is 23.1 Å². The van der Waals surface area contributed by atoms with Crippen molar-refractivity contribution in [3.8, 4) is 0 Å². The van der Waals surface area contributed by atoms with Gasteiger partial charge in [0, 0.05) is 23.2 Å². The van der Waals surface area contributed by atoms with Crippen molar-refractivity contribution in [2.75, 3.05) is 19.8 Å². The molecule has 2 rings (SSSR count). The Morgan fingerprint density at radius 3 is 2.80 bits per heavy atom. The maximum Gasteiger partial charge on any atom is 0.338 e. The van der Waals surface area contributed by atoms with Crippen LogP contribution in [0, 0.1) is 12.8 Å². The van der Waals surface area contributed by atoms with E-state index in [0.29, 0.717) is 18.8 Å². The SMILES string of the molecule is Cc1cc(C(=O)OCC2CCOC2)cc(S(=O)(=O)Cl)c1. The third kappa shape index (κ3) is 3.94. The molecule has 1 saturated heterocycles. The van der Waals surface area contributed by atoms with Gasteiger partial charge in [-0.1, -0.05) is 0 Å². The second-order valence-corrected chi connectivity index (χ2v) is 7.37. The number of hydrogen-bond donors (Lipinski definition) is 0. The summed E-state index contributed by atoms with van der Waals surface area (Å²) in [6.45, 7) is 3.23. The molecule has 1 aromatic rings. The Labute approximate surface area is 122 Å². The van der Waals surface area contributed by atoms with Crippen molar-refractivity contribution in [1.82, 2.24) is 0 Å². The molecule has 0 aromatic heterocycles. The predicted molar refractivity (Wildman–Crippen MR) is 73.4 cm³/mol. The Kier molecular flexibility index (Phi) is 4.67. The highest BCUT2D eigenvalue weighted by molar-refractivity contribution is 8.13. The molecule has 110 valence electrons. The molecule has 0 amide bonds. The van der Waals surface area contributed by atoms with Gasteiger partial charge in [0.05, 0.1) is 23.7 Å². The third-order valence-corrected chi connectivity index (χ3v) is 4.38. The van der Waals surface area contributed by atoms with E-state index in [1.165, 1.54) is 12.1 Å². The van der Waals surface area contributed by atoms with E-state index in [0.717, 1.165) is 6.42 Å². The minimum Gasteiger partial charge on any atom is -0.462 e. The number of ether oxygens (including phenoxy) is 2. The van der Waals surface area contributed by atoms with Gasteiger partial charge in [0.2, 0.25) is 0 Å². The quantitative estimate of drug-likeness (QED) is 0.628. The van der Waals surface area contributed by atoms with Gasteiger partial charge in [0.1, 0.15) is 0 Å². The largest absolute Gasteiger partial charge is 0.462 e. The number of halogens is 1. The fourth-order valence-electron chi connectivity index (χ4n) is 2.00. The monoisotopic (exact) mass is 318 g/mol. The maximum atomic E-state index is 11.9. The zero-order valence-corrected chi connectivity index (χ0v) is 12.5. The molecule has 0 spiro atoms. The molecule has 0 N–H and O–H groups in total. The second kappa shape index (κ2) is 6.11. The van der Waals surface area contributed by atoms with Crippen LogP contribution in [-0.2, 0) is 18.5 Å². The number of benzene rings is 1. The molecule has 0 radical (unpaired) electrons. The number of carbonyl (C=O) groups is 1. The molecule has 1 aromatic carbocycles. The highest BCUT2D eigenvalue weighted by Crippen LogP contribution is 2.20. The fourth-order valence-corrected chi connectivity index (χ4v) is 2.86. The van der Waals surface area contributed by atoms with Gasteiger partial charge < -0.3 is 9.47 Å². The van der Waals surface area contributed by atoms with Crippen molar-refractivity contribution < 1.29 is 22.7 Å². The fraction of sp³-hybridized carbons (Fsp3) is 0.462. The van der Waals surface area contributed by atoms with Crippen LogP contribution in [0.3, 0.4) is 0 Å². The van der Waals surface area contributed by atoms with Crippen LogP contribution in [0.1, 0.15) is 22.3 Å². The standard InChI is InChI=1S/C13H15ClO5S/c1-9-4-11(6-12(5-9)20(14,16)17)13(15)19-8-10-2-3-18-7-10/h4-6,10H,2-3,7-8H2,1H3. The lowest BCUT2D eigenvalue weighted by atomic mass is 10.1. The van der Waals surface area contributed by atoms with E-state index >= 15 is 0 Å². The molecule has 7 heteroatoms. The van der Waals surface area contributed by atoms with Crippen LogP contribution in [-0.4, -0.2) is 34.2 Å². The molecular formula is C13H15ClO5S. The molecule has 1 heterocycles. The minimum atomic E-state index is -3.87. The van der Waals surface area contributed by atoms with Crippen LogP contribution < -0.4 is 0 Å². The molecular weight excluding hydrogens is 304 g/mol. The normalized spacial score (nSPS) is 19.0. The Bertz CT molecular complexity index is 605. The highest BCUT2D eigenvalue weighted by Gasteiger charge is 2.20. The highest BCUT2D eigenvalue weighted by atomic mass is 35.7. The average Bonchev–Trinajstić information content (AvgIpc) is 2.87. The summed E-state index contributed by atoms with van der Waals surface area (Å²) in [5.41, 5.74) is 0.811. The van der Waals surface area contributed by atoms with Gasteiger partial charge in [0.25, 0.3) is 9.05 Å². The Balaban J connectivity index is 2.11. The molecule has 20 heavy (non-hydrogen) atoms. The molecule has 1 aliphatic rings. The Morgan fingerprint density at radius 2 is 2.20 bits per heavy atom. The first kappa shape index (κ1) is 15.3. The topological polar surface area (TPSA) is 69.7 Å². The number of aryl methyl sites for hydroxylation is 1. The van der Waals surface area contributed by atoms with Crippen molar-refractivity contribution in [2.24, 2.45) is 5.92 Å². The van der Waals surface area contributed by atoms with Crippen LogP contribution in [0.5, 0.6) is 0 Å². The van der Waals surface area contributed by atoms with E-state index in [1.54, 1.807) is 13.0 Å². The van der Waals surface area contributed by atoms with Gasteiger partial charge in [-0.3, -0.25) is 0 Å². The number of rotatable bonds is 4. The van der Waals surface area contributed by atoms with Crippen LogP contribution in [0.25, 0.3) is 0 Å². The van der Waals surface area contributed by atoms with E-state index in [-0.39, 0.29) is 23.0 Å². The smallest absolute Gasteiger partial charge is 0.338 e. The molecule has 1 atom stereocenters. The zero-order valence-electron chi connectivity index (χ0n) is 11.0. The summed E-state index contributed by atoms with van der Waals surface area (Å²) in [6.07, 6.45) is 0.863. The van der Waals surface area contributed by atoms with Crippen molar-refractivity contribution in [2.45, 2.75) is 18.2 Å². The van der Waals surface area contributed by atoms with Gasteiger partial charge >= 0.3 is 5.97 Å².